The van der Waals surface area contributed by atoms with E-state index in [1.54, 1.807) is 0 Å². The van der Waals surface area contributed by atoms with Crippen LogP contribution in [0.25, 0.3) is 0 Å². The highest BCUT2D eigenvalue weighted by Gasteiger charge is 2.09. The normalized spacial score (nSPS) is 13.2. The lowest BCUT2D eigenvalue weighted by Crippen LogP contribution is -2.34. The summed E-state index contributed by atoms with van der Waals surface area (Å²) in [5.74, 6) is 2.38. The Labute approximate surface area is 91.2 Å². The number of hydrogen-bond acceptors (Lipinski definition) is 3. The van der Waals surface area contributed by atoms with Gasteiger partial charge in [-0.1, -0.05) is 19.1 Å². The van der Waals surface area contributed by atoms with Crippen LogP contribution < -0.4 is 5.73 Å². The Balaban J connectivity index is 3.56. The lowest BCUT2D eigenvalue weighted by atomic mass is 10.2. The second-order valence-electron chi connectivity index (χ2n) is 3.20. The molecule has 78 valence electrons. The van der Waals surface area contributed by atoms with Gasteiger partial charge >= 0.3 is 0 Å². The summed E-state index contributed by atoms with van der Waals surface area (Å²) < 4.78 is 0. The predicted octanol–water partition coefficient (Wildman–Crippen LogP) is 1.74. The number of nitrogens with zero attached hydrogens (tertiary/aromatic N) is 1. The van der Waals surface area contributed by atoms with Crippen LogP contribution in [0, 0.1) is 0 Å². The first-order valence-corrected chi connectivity index (χ1v) is 6.20. The molecular weight excluding hydrogens is 200 g/mol. The SMILES string of the molecule is CCSCCN(C)C(C)CC(N)=S. The van der Waals surface area contributed by atoms with Crippen molar-refractivity contribution in [2.45, 2.75) is 26.3 Å². The summed E-state index contributed by atoms with van der Waals surface area (Å²) in [5, 5.41) is 0. The number of hydrogen-bond donors (Lipinski definition) is 1. The number of thiocarbonyl (C=S) groups is 1. The van der Waals surface area contributed by atoms with E-state index in [4.69, 9.17) is 18.0 Å². The first kappa shape index (κ1) is 13.2. The molecule has 0 radical (unpaired) electrons. The molecule has 1 unspecified atom stereocenters. The van der Waals surface area contributed by atoms with Gasteiger partial charge in [0.1, 0.15) is 0 Å². The molecule has 0 saturated heterocycles. The first-order valence-electron chi connectivity index (χ1n) is 4.64. The molecule has 2 nitrogen and oxygen atoms in total. The zero-order chi connectivity index (χ0) is 10.3. The van der Waals surface area contributed by atoms with Gasteiger partial charge in [0.15, 0.2) is 0 Å². The highest BCUT2D eigenvalue weighted by Crippen LogP contribution is 2.04. The summed E-state index contributed by atoms with van der Waals surface area (Å²) in [6, 6.07) is 0.468. The van der Waals surface area contributed by atoms with Crippen LogP contribution in [0.15, 0.2) is 0 Å². The van der Waals surface area contributed by atoms with Gasteiger partial charge in [-0.25, -0.2) is 0 Å². The Kier molecular flexibility index (Phi) is 7.71. The lowest BCUT2D eigenvalue weighted by Gasteiger charge is -2.23. The molecule has 0 rings (SSSR count). The summed E-state index contributed by atoms with van der Waals surface area (Å²) in [6.45, 7) is 5.46. The van der Waals surface area contributed by atoms with Gasteiger partial charge in [0, 0.05) is 24.8 Å². The topological polar surface area (TPSA) is 29.3 Å². The van der Waals surface area contributed by atoms with E-state index < -0.39 is 0 Å². The van der Waals surface area contributed by atoms with Crippen molar-refractivity contribution < 1.29 is 0 Å². The van der Waals surface area contributed by atoms with Gasteiger partial charge in [-0.3, -0.25) is 0 Å². The zero-order valence-corrected chi connectivity index (χ0v) is 10.4. The number of thioether (sulfide) groups is 1. The molecule has 0 aromatic rings. The van der Waals surface area contributed by atoms with E-state index in [0.717, 1.165) is 13.0 Å². The van der Waals surface area contributed by atoms with Gasteiger partial charge in [-0.15, -0.1) is 0 Å². The molecule has 2 N–H and O–H groups in total. The van der Waals surface area contributed by atoms with E-state index in [0.29, 0.717) is 11.0 Å². The second-order valence-corrected chi connectivity index (χ2v) is 5.12. The molecule has 0 fully saturated rings. The average molecular weight is 220 g/mol. The summed E-state index contributed by atoms with van der Waals surface area (Å²) >= 11 is 6.84. The second kappa shape index (κ2) is 7.59. The third kappa shape index (κ3) is 7.28. The Morgan fingerprint density at radius 3 is 2.69 bits per heavy atom. The van der Waals surface area contributed by atoms with E-state index in [-0.39, 0.29) is 0 Å². The molecule has 1 atom stereocenters. The monoisotopic (exact) mass is 220 g/mol. The summed E-state index contributed by atoms with van der Waals surface area (Å²) in [6.07, 6.45) is 0.822. The van der Waals surface area contributed by atoms with E-state index >= 15 is 0 Å². The van der Waals surface area contributed by atoms with E-state index in [1.807, 2.05) is 11.8 Å². The van der Waals surface area contributed by atoms with E-state index in [9.17, 15) is 0 Å². The maximum atomic E-state index is 5.49. The maximum Gasteiger partial charge on any atom is 0.0742 e. The fraction of sp³-hybridized carbons (Fsp3) is 0.889. The van der Waals surface area contributed by atoms with Crippen LogP contribution in [0.2, 0.25) is 0 Å². The van der Waals surface area contributed by atoms with Crippen LogP contribution in [0.3, 0.4) is 0 Å². The minimum Gasteiger partial charge on any atom is -0.393 e. The van der Waals surface area contributed by atoms with Gasteiger partial charge < -0.3 is 10.6 Å². The van der Waals surface area contributed by atoms with Crippen molar-refractivity contribution in [1.82, 2.24) is 4.90 Å². The molecule has 0 bridgehead atoms. The fourth-order valence-corrected chi connectivity index (χ4v) is 1.97. The predicted molar refractivity (Wildman–Crippen MR) is 66.5 cm³/mol. The molecule has 0 saturated carbocycles. The standard InChI is InChI=1S/C9H20N2S2/c1-4-13-6-5-11(3)8(2)7-9(10)12/h8H,4-7H2,1-3H3,(H2,10,12). The summed E-state index contributed by atoms with van der Waals surface area (Å²) in [4.78, 5) is 2.92. The minimum atomic E-state index is 0.468. The van der Waals surface area contributed by atoms with Crippen molar-refractivity contribution >= 4 is 29.0 Å². The molecule has 4 heteroatoms. The van der Waals surface area contributed by atoms with Crippen molar-refractivity contribution in [1.29, 1.82) is 0 Å². The van der Waals surface area contributed by atoms with Crippen molar-refractivity contribution in [3.63, 3.8) is 0 Å². The largest absolute Gasteiger partial charge is 0.393 e. The van der Waals surface area contributed by atoms with Gasteiger partial charge in [0.05, 0.1) is 4.99 Å². The number of rotatable bonds is 7. The van der Waals surface area contributed by atoms with Crippen LogP contribution in [0.5, 0.6) is 0 Å². The molecule has 0 amide bonds. The quantitative estimate of drug-likeness (QED) is 0.523. The van der Waals surface area contributed by atoms with Crippen molar-refractivity contribution in [2.24, 2.45) is 5.73 Å². The van der Waals surface area contributed by atoms with Crippen LogP contribution in [-0.2, 0) is 0 Å². The van der Waals surface area contributed by atoms with E-state index in [1.165, 1.54) is 11.5 Å². The molecule has 0 heterocycles. The molecule has 0 aromatic heterocycles. The molecule has 0 aliphatic rings. The van der Waals surface area contributed by atoms with Crippen molar-refractivity contribution in [3.05, 3.63) is 0 Å². The Hall–Kier alpha value is 0.200. The fourth-order valence-electron chi connectivity index (χ4n) is 1.02. The van der Waals surface area contributed by atoms with Gasteiger partial charge in [0.2, 0.25) is 0 Å². The molecular formula is C9H20N2S2. The van der Waals surface area contributed by atoms with E-state index in [2.05, 4.69) is 25.8 Å². The Morgan fingerprint density at radius 2 is 2.23 bits per heavy atom. The summed E-state index contributed by atoms with van der Waals surface area (Å²) in [7, 11) is 2.12. The molecule has 0 aliphatic heterocycles. The zero-order valence-electron chi connectivity index (χ0n) is 8.75. The molecule has 0 spiro atoms. The lowest BCUT2D eigenvalue weighted by molar-refractivity contribution is 0.280. The van der Waals surface area contributed by atoms with Crippen molar-refractivity contribution in [2.75, 3.05) is 25.1 Å². The Morgan fingerprint density at radius 1 is 1.62 bits per heavy atom. The third-order valence-corrected chi connectivity index (χ3v) is 3.09. The molecule has 0 aliphatic carbocycles. The molecule has 13 heavy (non-hydrogen) atoms. The van der Waals surface area contributed by atoms with Crippen LogP contribution in [-0.4, -0.2) is 41.0 Å². The first-order chi connectivity index (χ1) is 6.07. The van der Waals surface area contributed by atoms with Gasteiger partial charge in [0.25, 0.3) is 0 Å². The van der Waals surface area contributed by atoms with Gasteiger partial charge in [-0.05, 0) is 19.7 Å². The average Bonchev–Trinajstić information content (AvgIpc) is 2.03. The van der Waals surface area contributed by atoms with Crippen molar-refractivity contribution in [3.8, 4) is 0 Å². The highest BCUT2D eigenvalue weighted by molar-refractivity contribution is 7.99. The summed E-state index contributed by atoms with van der Waals surface area (Å²) in [5.41, 5.74) is 5.49. The smallest absolute Gasteiger partial charge is 0.0742 e. The van der Waals surface area contributed by atoms with Crippen LogP contribution in [0.4, 0.5) is 0 Å². The van der Waals surface area contributed by atoms with Crippen LogP contribution in [0.1, 0.15) is 20.3 Å². The highest BCUT2D eigenvalue weighted by atomic mass is 32.2. The third-order valence-electron chi connectivity index (χ3n) is 2.04. The minimum absolute atomic E-state index is 0.468. The van der Waals surface area contributed by atoms with Crippen LogP contribution >= 0.6 is 24.0 Å². The van der Waals surface area contributed by atoms with Gasteiger partial charge in [-0.2, -0.15) is 11.8 Å². The molecule has 0 aromatic carbocycles. The maximum absolute atomic E-state index is 5.49. The Bertz CT molecular complexity index is 151. The number of nitrogens with two attached hydrogens (primary N) is 1.